The van der Waals surface area contributed by atoms with E-state index in [9.17, 15) is 13.2 Å². The molecule has 3 rings (SSSR count). The maximum atomic E-state index is 12.7. The Bertz CT molecular complexity index is 812. The molecule has 0 radical (unpaired) electrons. The number of ether oxygens (including phenoxy) is 1. The van der Waals surface area contributed by atoms with Crippen LogP contribution in [0.15, 0.2) is 32.3 Å². The van der Waals surface area contributed by atoms with E-state index in [2.05, 4.69) is 4.98 Å². The number of aromatic nitrogens is 1. The Balaban J connectivity index is 2.01. The molecular weight excluding hydrogens is 296 g/mol. The Kier molecular flexibility index (Phi) is 3.39. The van der Waals surface area contributed by atoms with Gasteiger partial charge in [-0.3, -0.25) is 4.98 Å². The van der Waals surface area contributed by atoms with Crippen molar-refractivity contribution in [2.45, 2.75) is 31.0 Å². The van der Waals surface area contributed by atoms with Gasteiger partial charge in [0.15, 0.2) is 5.58 Å². The van der Waals surface area contributed by atoms with Gasteiger partial charge in [0.25, 0.3) is 0 Å². The van der Waals surface area contributed by atoms with E-state index in [-0.39, 0.29) is 22.7 Å². The van der Waals surface area contributed by atoms with Crippen LogP contribution in [-0.4, -0.2) is 43.0 Å². The lowest BCUT2D eigenvalue weighted by molar-refractivity contribution is -0.0440. The predicted octanol–water partition coefficient (Wildman–Crippen LogP) is 0.919. The molecule has 1 aromatic carbocycles. The van der Waals surface area contributed by atoms with Gasteiger partial charge in [0.05, 0.1) is 22.6 Å². The van der Waals surface area contributed by atoms with E-state index < -0.39 is 15.8 Å². The number of morpholine rings is 1. The minimum atomic E-state index is -3.63. The number of nitrogens with zero attached hydrogens (tertiary/aromatic N) is 1. The highest BCUT2D eigenvalue weighted by Crippen LogP contribution is 2.23. The largest absolute Gasteiger partial charge is 0.417 e. The minimum Gasteiger partial charge on any atom is -0.408 e. The monoisotopic (exact) mass is 312 g/mol. The molecule has 0 amide bonds. The molecule has 1 fully saturated rings. The first-order chi connectivity index (χ1) is 9.86. The molecule has 0 unspecified atom stereocenters. The predicted molar refractivity (Wildman–Crippen MR) is 75.6 cm³/mol. The van der Waals surface area contributed by atoms with Gasteiger partial charge in [-0.15, -0.1) is 0 Å². The van der Waals surface area contributed by atoms with Gasteiger partial charge in [-0.1, -0.05) is 0 Å². The Morgan fingerprint density at radius 3 is 2.57 bits per heavy atom. The van der Waals surface area contributed by atoms with Gasteiger partial charge in [-0.2, -0.15) is 4.31 Å². The van der Waals surface area contributed by atoms with Crippen LogP contribution in [0.25, 0.3) is 11.1 Å². The fourth-order valence-electron chi connectivity index (χ4n) is 2.56. The topological polar surface area (TPSA) is 92.6 Å². The molecule has 1 saturated heterocycles. The van der Waals surface area contributed by atoms with Gasteiger partial charge in [-0.25, -0.2) is 13.2 Å². The van der Waals surface area contributed by atoms with Crippen molar-refractivity contribution < 1.29 is 17.6 Å². The van der Waals surface area contributed by atoms with Gasteiger partial charge in [0.1, 0.15) is 0 Å². The molecule has 0 saturated carbocycles. The van der Waals surface area contributed by atoms with Crippen molar-refractivity contribution in [1.29, 1.82) is 0 Å². The maximum Gasteiger partial charge on any atom is 0.417 e. The van der Waals surface area contributed by atoms with Gasteiger partial charge in [0, 0.05) is 19.2 Å². The summed E-state index contributed by atoms with van der Waals surface area (Å²) in [7, 11) is -3.63. The van der Waals surface area contributed by atoms with Crippen LogP contribution in [0.2, 0.25) is 0 Å². The normalized spacial score (nSPS) is 24.5. The van der Waals surface area contributed by atoms with Crippen molar-refractivity contribution in [2.24, 2.45) is 0 Å². The number of fused-ring (bicyclic) bond motifs is 1. The molecule has 21 heavy (non-hydrogen) atoms. The van der Waals surface area contributed by atoms with E-state index in [0.717, 1.165) is 0 Å². The fraction of sp³-hybridized carbons (Fsp3) is 0.462. The lowest BCUT2D eigenvalue weighted by Crippen LogP contribution is -2.48. The Hall–Kier alpha value is -1.64. The summed E-state index contributed by atoms with van der Waals surface area (Å²) in [6, 6.07) is 4.36. The highest BCUT2D eigenvalue weighted by Gasteiger charge is 2.32. The summed E-state index contributed by atoms with van der Waals surface area (Å²) in [5, 5.41) is 0. The van der Waals surface area contributed by atoms with Crippen LogP contribution in [0.3, 0.4) is 0 Å². The van der Waals surface area contributed by atoms with Crippen molar-refractivity contribution in [3.8, 4) is 0 Å². The molecule has 2 atom stereocenters. The molecule has 2 aromatic rings. The van der Waals surface area contributed by atoms with E-state index in [1.807, 2.05) is 13.8 Å². The number of oxazole rings is 1. The molecule has 2 heterocycles. The summed E-state index contributed by atoms with van der Waals surface area (Å²) in [5.41, 5.74) is 0.707. The first-order valence-corrected chi connectivity index (χ1v) is 8.09. The summed E-state index contributed by atoms with van der Waals surface area (Å²) in [6.07, 6.45) is -0.310. The summed E-state index contributed by atoms with van der Waals surface area (Å²) >= 11 is 0. The molecule has 8 heteroatoms. The van der Waals surface area contributed by atoms with Crippen LogP contribution < -0.4 is 5.76 Å². The third-order valence-corrected chi connectivity index (χ3v) is 5.24. The average molecular weight is 312 g/mol. The van der Waals surface area contributed by atoms with E-state index in [1.165, 1.54) is 22.5 Å². The second kappa shape index (κ2) is 4.97. The third-order valence-electron chi connectivity index (χ3n) is 3.42. The quantitative estimate of drug-likeness (QED) is 0.890. The summed E-state index contributed by atoms with van der Waals surface area (Å²) in [6.45, 7) is 4.29. The second-order valence-corrected chi connectivity index (χ2v) is 7.19. The Morgan fingerprint density at radius 2 is 1.90 bits per heavy atom. The molecule has 0 aliphatic carbocycles. The molecular formula is C13H16N2O5S. The number of hydrogen-bond acceptors (Lipinski definition) is 5. The van der Waals surface area contributed by atoms with Crippen molar-refractivity contribution in [3.05, 3.63) is 28.7 Å². The van der Waals surface area contributed by atoms with Crippen LogP contribution in [0, 0.1) is 0 Å². The average Bonchev–Trinajstić information content (AvgIpc) is 2.76. The van der Waals surface area contributed by atoms with E-state index in [1.54, 1.807) is 0 Å². The molecule has 1 aliphatic rings. The van der Waals surface area contributed by atoms with Crippen LogP contribution in [0.1, 0.15) is 13.8 Å². The lowest BCUT2D eigenvalue weighted by Gasteiger charge is -2.34. The summed E-state index contributed by atoms with van der Waals surface area (Å²) in [4.78, 5) is 13.7. The zero-order valence-corrected chi connectivity index (χ0v) is 12.5. The number of sulfonamides is 1. The zero-order chi connectivity index (χ0) is 15.2. The molecule has 1 aromatic heterocycles. The highest BCUT2D eigenvalue weighted by atomic mass is 32.2. The Labute approximate surface area is 121 Å². The second-order valence-electron chi connectivity index (χ2n) is 5.25. The van der Waals surface area contributed by atoms with Crippen molar-refractivity contribution in [3.63, 3.8) is 0 Å². The summed E-state index contributed by atoms with van der Waals surface area (Å²) in [5.74, 6) is -0.604. The first kappa shape index (κ1) is 14.3. The number of benzene rings is 1. The lowest BCUT2D eigenvalue weighted by atomic mass is 10.3. The molecule has 114 valence electrons. The number of nitrogens with one attached hydrogen (secondary N) is 1. The van der Waals surface area contributed by atoms with E-state index >= 15 is 0 Å². The molecule has 7 nitrogen and oxygen atoms in total. The van der Waals surface area contributed by atoms with E-state index in [0.29, 0.717) is 18.6 Å². The molecule has 1 N–H and O–H groups in total. The van der Waals surface area contributed by atoms with Crippen LogP contribution >= 0.6 is 0 Å². The molecule has 0 bridgehead atoms. The molecule has 1 aliphatic heterocycles. The smallest absolute Gasteiger partial charge is 0.408 e. The maximum absolute atomic E-state index is 12.7. The van der Waals surface area contributed by atoms with Crippen LogP contribution in [0.4, 0.5) is 0 Å². The molecule has 0 spiro atoms. The van der Waals surface area contributed by atoms with Crippen LogP contribution in [0.5, 0.6) is 0 Å². The third kappa shape index (κ3) is 2.61. The fourth-order valence-corrected chi connectivity index (χ4v) is 4.17. The number of aromatic amines is 1. The van der Waals surface area contributed by atoms with Crippen LogP contribution in [-0.2, 0) is 14.8 Å². The minimum absolute atomic E-state index is 0.110. The van der Waals surface area contributed by atoms with Crippen molar-refractivity contribution in [2.75, 3.05) is 13.1 Å². The van der Waals surface area contributed by atoms with Gasteiger partial charge in [-0.05, 0) is 26.0 Å². The first-order valence-electron chi connectivity index (χ1n) is 6.65. The van der Waals surface area contributed by atoms with Gasteiger partial charge in [0.2, 0.25) is 10.0 Å². The summed E-state index contributed by atoms with van der Waals surface area (Å²) < 4.78 is 37.2. The van der Waals surface area contributed by atoms with Crippen molar-refractivity contribution >= 4 is 21.1 Å². The van der Waals surface area contributed by atoms with E-state index in [4.69, 9.17) is 9.15 Å². The highest BCUT2D eigenvalue weighted by molar-refractivity contribution is 7.89. The zero-order valence-electron chi connectivity index (χ0n) is 11.7. The van der Waals surface area contributed by atoms with Gasteiger partial charge < -0.3 is 9.15 Å². The van der Waals surface area contributed by atoms with Crippen molar-refractivity contribution in [1.82, 2.24) is 9.29 Å². The number of H-pyrrole nitrogens is 1. The number of hydrogen-bond donors (Lipinski definition) is 1. The Morgan fingerprint density at radius 1 is 1.24 bits per heavy atom. The SMILES string of the molecule is C[C@H]1CN(S(=O)(=O)c2ccc3[nH]c(=O)oc3c2)C[C@H](C)O1. The number of rotatable bonds is 2. The van der Waals surface area contributed by atoms with Gasteiger partial charge >= 0.3 is 5.76 Å². The standard InChI is InChI=1S/C13H16N2O5S/c1-8-6-15(7-9(2)19-8)21(17,18)10-3-4-11-12(5-10)20-13(16)14-11/h3-5,8-9H,6-7H2,1-2H3,(H,14,16)/t8-,9-/m0/s1.